The second-order valence-electron chi connectivity index (χ2n) is 13.6. The average Bonchev–Trinajstić information content (AvgIpc) is 3.62. The van der Waals surface area contributed by atoms with E-state index in [-0.39, 0.29) is 42.0 Å². The number of halogens is 7. The van der Waals surface area contributed by atoms with Crippen molar-refractivity contribution < 1.29 is 40.6 Å². The van der Waals surface area contributed by atoms with Gasteiger partial charge in [0.15, 0.2) is 11.5 Å². The number of hydrogen-bond acceptors (Lipinski definition) is 6. The number of rotatable bonds is 7. The second-order valence-corrected chi connectivity index (χ2v) is 13.6. The van der Waals surface area contributed by atoms with E-state index in [2.05, 4.69) is 37.4 Å². The van der Waals surface area contributed by atoms with Crippen LogP contribution in [0.1, 0.15) is 72.6 Å². The van der Waals surface area contributed by atoms with Crippen LogP contribution in [0.3, 0.4) is 0 Å². The van der Waals surface area contributed by atoms with Crippen LogP contribution in [0.25, 0.3) is 22.0 Å². The SMILES string of the molecule is CC(C)(O)C#Cc1ccc(-c2ccc3[nH]nc(N)c3c2)c(C(Cc2cc(F)cc(F)c2)NC(=O)Cn2nc(C(F)(F)F)c3c2C(F)(F)C2CCC32)n1. The third-order valence-corrected chi connectivity index (χ3v) is 9.33. The van der Waals surface area contributed by atoms with Crippen LogP contribution in [0.5, 0.6) is 0 Å². The number of carbonyl (C=O) groups is 1. The van der Waals surface area contributed by atoms with Crippen LogP contribution >= 0.6 is 0 Å². The van der Waals surface area contributed by atoms with Crippen LogP contribution in [-0.4, -0.2) is 41.6 Å². The average molecular weight is 726 g/mol. The Morgan fingerprint density at radius 2 is 1.85 bits per heavy atom. The molecule has 2 aliphatic carbocycles. The summed E-state index contributed by atoms with van der Waals surface area (Å²) in [6, 6.07) is 9.71. The molecule has 16 heteroatoms. The Balaban J connectivity index is 1.33. The standard InChI is InChI=1S/C36H30F7N7O2/c1-34(2,52)10-9-21-4-5-22(18-3-8-26-24(14-18)33(44)48-47-26)30(45-21)27(13-17-11-19(37)15-20(38)12-17)46-28(51)16-50-32-29(31(49-50)36(41,42)43)23-6-7-25(23)35(32,39)40/h3-5,8,11-12,14-15,23,25,27,52H,6-7,13,16H2,1-2H3,(H,46,51)(H3,44,47,48). The molecule has 3 atom stereocenters. The van der Waals surface area contributed by atoms with Crippen LogP contribution < -0.4 is 11.1 Å². The Morgan fingerprint density at radius 3 is 2.50 bits per heavy atom. The molecule has 5 N–H and O–H groups in total. The molecule has 3 aromatic heterocycles. The van der Waals surface area contributed by atoms with Crippen molar-refractivity contribution in [2.45, 2.75) is 69.3 Å². The zero-order chi connectivity index (χ0) is 37.3. The van der Waals surface area contributed by atoms with E-state index >= 15 is 8.78 Å². The van der Waals surface area contributed by atoms with Crippen molar-refractivity contribution in [1.82, 2.24) is 30.3 Å². The van der Waals surface area contributed by atoms with E-state index in [4.69, 9.17) is 5.73 Å². The Bertz CT molecular complexity index is 2280. The molecule has 1 saturated carbocycles. The summed E-state index contributed by atoms with van der Waals surface area (Å²) in [5.74, 6) is -3.27. The molecular formula is C36H30F7N7O2. The lowest BCUT2D eigenvalue weighted by molar-refractivity contribution is -0.144. The molecular weight excluding hydrogens is 695 g/mol. The smallest absolute Gasteiger partial charge is 0.382 e. The number of nitrogen functional groups attached to an aromatic ring is 1. The maximum absolute atomic E-state index is 15.5. The highest BCUT2D eigenvalue weighted by Crippen LogP contribution is 2.64. The molecule has 2 aromatic carbocycles. The summed E-state index contributed by atoms with van der Waals surface area (Å²) in [7, 11) is 0. The molecule has 0 radical (unpaired) electrons. The number of aromatic amines is 1. The van der Waals surface area contributed by atoms with E-state index in [0.717, 1.165) is 12.1 Å². The maximum Gasteiger partial charge on any atom is 0.435 e. The van der Waals surface area contributed by atoms with Gasteiger partial charge in [0, 0.05) is 28.5 Å². The van der Waals surface area contributed by atoms with Gasteiger partial charge >= 0.3 is 6.18 Å². The topological polar surface area (TPSA) is 135 Å². The van der Waals surface area contributed by atoms with Crippen LogP contribution in [0.15, 0.2) is 48.5 Å². The first-order valence-corrected chi connectivity index (χ1v) is 16.2. The number of aromatic nitrogens is 5. The van der Waals surface area contributed by atoms with E-state index in [0.29, 0.717) is 32.8 Å². The van der Waals surface area contributed by atoms with Crippen molar-refractivity contribution in [2.75, 3.05) is 5.73 Å². The lowest BCUT2D eigenvalue weighted by atomic mass is 9.73. The fourth-order valence-electron chi connectivity index (χ4n) is 6.99. The highest BCUT2D eigenvalue weighted by molar-refractivity contribution is 5.92. The minimum atomic E-state index is -5.04. The molecule has 270 valence electrons. The third kappa shape index (κ3) is 6.45. The number of alkyl halides is 5. The van der Waals surface area contributed by atoms with E-state index in [9.17, 15) is 31.9 Å². The van der Waals surface area contributed by atoms with E-state index in [1.165, 1.54) is 13.8 Å². The van der Waals surface area contributed by atoms with Gasteiger partial charge in [0.2, 0.25) is 5.91 Å². The third-order valence-electron chi connectivity index (χ3n) is 9.33. The molecule has 3 heterocycles. The molecule has 52 heavy (non-hydrogen) atoms. The van der Waals surface area contributed by atoms with Crippen LogP contribution in [0.2, 0.25) is 0 Å². The van der Waals surface area contributed by atoms with E-state index in [1.807, 2.05) is 0 Å². The van der Waals surface area contributed by atoms with Gasteiger partial charge < -0.3 is 16.2 Å². The van der Waals surface area contributed by atoms with Crippen molar-refractivity contribution >= 4 is 22.6 Å². The molecule has 3 unspecified atom stereocenters. The Hall–Kier alpha value is -5.43. The molecule has 0 saturated heterocycles. The Morgan fingerprint density at radius 1 is 1.12 bits per heavy atom. The summed E-state index contributed by atoms with van der Waals surface area (Å²) in [4.78, 5) is 18.4. The number of nitrogens with one attached hydrogen (secondary N) is 2. The summed E-state index contributed by atoms with van der Waals surface area (Å²) < 4.78 is 102. The number of nitrogens with zero attached hydrogens (tertiary/aromatic N) is 4. The molecule has 2 aliphatic rings. The monoisotopic (exact) mass is 725 g/mol. The number of hydrogen-bond donors (Lipinski definition) is 4. The largest absolute Gasteiger partial charge is 0.435 e. The summed E-state index contributed by atoms with van der Waals surface area (Å²) in [5, 5.41) is 23.7. The number of anilines is 1. The van der Waals surface area contributed by atoms with Gasteiger partial charge in [0.25, 0.3) is 5.92 Å². The molecule has 0 aliphatic heterocycles. The number of aliphatic hydroxyl groups is 1. The number of amides is 1. The van der Waals surface area contributed by atoms with Gasteiger partial charge in [-0.2, -0.15) is 32.1 Å². The molecule has 1 fully saturated rings. The maximum atomic E-state index is 15.5. The first-order valence-electron chi connectivity index (χ1n) is 16.2. The summed E-state index contributed by atoms with van der Waals surface area (Å²) in [6.45, 7) is 1.88. The van der Waals surface area contributed by atoms with E-state index < -0.39 is 76.6 Å². The number of carbonyl (C=O) groups excluding carboxylic acids is 1. The summed E-state index contributed by atoms with van der Waals surface area (Å²) in [6.07, 6.45) is -5.18. The van der Waals surface area contributed by atoms with Crippen molar-refractivity contribution in [2.24, 2.45) is 5.92 Å². The number of fused-ring (bicyclic) bond motifs is 4. The van der Waals surface area contributed by atoms with Gasteiger partial charge in [-0.15, -0.1) is 0 Å². The Labute approximate surface area is 291 Å². The lowest BCUT2D eigenvalue weighted by Gasteiger charge is -2.34. The van der Waals surface area contributed by atoms with Crippen LogP contribution in [-0.2, 0) is 29.9 Å². The van der Waals surface area contributed by atoms with Gasteiger partial charge in [0.05, 0.1) is 17.3 Å². The molecule has 7 rings (SSSR count). The number of benzene rings is 2. The molecule has 0 bridgehead atoms. The second kappa shape index (κ2) is 12.4. The normalized spacial score (nSPS) is 18.3. The van der Waals surface area contributed by atoms with Gasteiger partial charge in [-0.1, -0.05) is 12.0 Å². The highest BCUT2D eigenvalue weighted by Gasteiger charge is 2.63. The van der Waals surface area contributed by atoms with Gasteiger partial charge in [-0.3, -0.25) is 14.6 Å². The number of pyridine rings is 1. The Kier molecular flexibility index (Phi) is 8.32. The van der Waals surface area contributed by atoms with Crippen molar-refractivity contribution in [3.8, 4) is 23.0 Å². The molecule has 9 nitrogen and oxygen atoms in total. The molecule has 5 aromatic rings. The zero-order valence-corrected chi connectivity index (χ0v) is 27.5. The predicted molar refractivity (Wildman–Crippen MR) is 174 cm³/mol. The van der Waals surface area contributed by atoms with Crippen molar-refractivity contribution in [3.05, 3.63) is 94.1 Å². The summed E-state index contributed by atoms with van der Waals surface area (Å²) in [5.41, 5.74) is 3.45. The fourth-order valence-corrected chi connectivity index (χ4v) is 6.99. The predicted octanol–water partition coefficient (Wildman–Crippen LogP) is 6.52. The number of H-pyrrole nitrogens is 1. The molecule has 1 amide bonds. The van der Waals surface area contributed by atoms with Crippen LogP contribution in [0, 0.1) is 29.4 Å². The summed E-state index contributed by atoms with van der Waals surface area (Å²) >= 11 is 0. The van der Waals surface area contributed by atoms with Crippen molar-refractivity contribution in [3.63, 3.8) is 0 Å². The quantitative estimate of drug-likeness (QED) is 0.112. The minimum Gasteiger partial charge on any atom is -0.382 e. The number of nitrogens with two attached hydrogens (primary N) is 1. The van der Waals surface area contributed by atoms with E-state index in [1.54, 1.807) is 30.3 Å². The highest BCUT2D eigenvalue weighted by atomic mass is 19.4. The lowest BCUT2D eigenvalue weighted by Crippen LogP contribution is -2.36. The molecule has 0 spiro atoms. The first kappa shape index (κ1) is 35.0. The fraction of sp³-hybridized carbons (Fsp3) is 0.333. The van der Waals surface area contributed by atoms with Gasteiger partial charge in [-0.25, -0.2) is 13.8 Å². The zero-order valence-electron chi connectivity index (χ0n) is 27.5. The van der Waals surface area contributed by atoms with Gasteiger partial charge in [-0.05, 0) is 92.5 Å². The first-order chi connectivity index (χ1) is 24.4. The minimum absolute atomic E-state index is 0.0273. The van der Waals surface area contributed by atoms with Gasteiger partial charge in [0.1, 0.15) is 35.2 Å². The van der Waals surface area contributed by atoms with Crippen molar-refractivity contribution in [1.29, 1.82) is 0 Å². The van der Waals surface area contributed by atoms with Crippen LogP contribution in [0.4, 0.5) is 36.6 Å².